The van der Waals surface area contributed by atoms with Crippen molar-refractivity contribution in [3.05, 3.63) is 47.9 Å². The number of aryl methyl sites for hydroxylation is 1. The molecule has 1 aliphatic rings. The number of para-hydroxylation sites is 1. The van der Waals surface area contributed by atoms with Gasteiger partial charge in [0.1, 0.15) is 18.2 Å². The summed E-state index contributed by atoms with van der Waals surface area (Å²) in [5.74, 6) is 0.864. The van der Waals surface area contributed by atoms with E-state index in [4.69, 9.17) is 0 Å². The van der Waals surface area contributed by atoms with Crippen LogP contribution in [-0.2, 0) is 0 Å². The molecule has 21 heavy (non-hydrogen) atoms. The van der Waals surface area contributed by atoms with E-state index in [2.05, 4.69) is 26.3 Å². The number of hydrogen-bond donors (Lipinski definition) is 1. The Morgan fingerprint density at radius 1 is 1.33 bits per heavy atom. The molecule has 0 saturated carbocycles. The van der Waals surface area contributed by atoms with E-state index in [9.17, 15) is 5.26 Å². The summed E-state index contributed by atoms with van der Waals surface area (Å²) < 4.78 is 0. The number of anilines is 2. The van der Waals surface area contributed by atoms with Crippen LogP contribution in [0.25, 0.3) is 0 Å². The van der Waals surface area contributed by atoms with Crippen molar-refractivity contribution in [2.45, 2.75) is 19.4 Å². The fourth-order valence-corrected chi connectivity index (χ4v) is 2.68. The molecule has 1 aromatic heterocycles. The lowest BCUT2D eigenvalue weighted by Gasteiger charge is -2.20. The Morgan fingerprint density at radius 3 is 3.00 bits per heavy atom. The maximum Gasteiger partial charge on any atom is 0.129 e. The van der Waals surface area contributed by atoms with Gasteiger partial charge < -0.3 is 10.2 Å². The summed E-state index contributed by atoms with van der Waals surface area (Å²) in [4.78, 5) is 10.6. The third-order valence-corrected chi connectivity index (χ3v) is 3.71. The second-order valence-corrected chi connectivity index (χ2v) is 5.25. The Labute approximate surface area is 124 Å². The van der Waals surface area contributed by atoms with Gasteiger partial charge in [-0.25, -0.2) is 9.97 Å². The summed E-state index contributed by atoms with van der Waals surface area (Å²) in [7, 11) is 0. The van der Waals surface area contributed by atoms with Gasteiger partial charge in [0.25, 0.3) is 0 Å². The van der Waals surface area contributed by atoms with Crippen LogP contribution in [0.15, 0.2) is 36.7 Å². The summed E-state index contributed by atoms with van der Waals surface area (Å²) in [5.41, 5.74) is 2.70. The third kappa shape index (κ3) is 2.95. The van der Waals surface area contributed by atoms with E-state index in [1.54, 1.807) is 6.33 Å². The Balaban J connectivity index is 1.70. The van der Waals surface area contributed by atoms with Crippen molar-refractivity contribution < 1.29 is 0 Å². The topological polar surface area (TPSA) is 64.8 Å². The predicted octanol–water partition coefficient (Wildman–Crippen LogP) is 2.35. The fourth-order valence-electron chi connectivity index (χ4n) is 2.68. The van der Waals surface area contributed by atoms with Gasteiger partial charge in [0.05, 0.1) is 11.3 Å². The van der Waals surface area contributed by atoms with E-state index in [1.165, 1.54) is 0 Å². The second-order valence-electron chi connectivity index (χ2n) is 5.25. The Kier molecular flexibility index (Phi) is 3.69. The summed E-state index contributed by atoms with van der Waals surface area (Å²) in [5, 5.41) is 12.6. The van der Waals surface area contributed by atoms with Crippen molar-refractivity contribution in [1.82, 2.24) is 9.97 Å². The fraction of sp³-hybridized carbons (Fsp3) is 0.312. The highest BCUT2D eigenvalue weighted by Crippen LogP contribution is 2.25. The number of nitrogens with one attached hydrogen (secondary N) is 1. The van der Waals surface area contributed by atoms with Crippen LogP contribution < -0.4 is 10.2 Å². The van der Waals surface area contributed by atoms with Crippen molar-refractivity contribution in [3.8, 4) is 6.07 Å². The normalized spacial score (nSPS) is 17.5. The van der Waals surface area contributed by atoms with Crippen molar-refractivity contribution in [3.63, 3.8) is 0 Å². The lowest BCUT2D eigenvalue weighted by molar-refractivity contribution is 0.798. The van der Waals surface area contributed by atoms with Crippen LogP contribution >= 0.6 is 0 Å². The summed E-state index contributed by atoms with van der Waals surface area (Å²) >= 11 is 0. The highest BCUT2D eigenvalue weighted by atomic mass is 15.2. The Morgan fingerprint density at radius 2 is 2.19 bits per heavy atom. The molecule has 0 bridgehead atoms. The SMILES string of the molecule is Cc1cc(NC2CCN(c3ccccc3C#N)C2)ncn1. The average molecular weight is 279 g/mol. The molecule has 2 heterocycles. The second kappa shape index (κ2) is 5.80. The van der Waals surface area contributed by atoms with Gasteiger partial charge in [-0.1, -0.05) is 12.1 Å². The first-order valence-corrected chi connectivity index (χ1v) is 7.05. The summed E-state index contributed by atoms with van der Waals surface area (Å²) in [6.45, 7) is 3.78. The molecule has 5 nitrogen and oxygen atoms in total. The quantitative estimate of drug-likeness (QED) is 0.934. The first kappa shape index (κ1) is 13.4. The van der Waals surface area contributed by atoms with Gasteiger partial charge in [-0.05, 0) is 25.5 Å². The first-order chi connectivity index (χ1) is 10.3. The van der Waals surface area contributed by atoms with E-state index < -0.39 is 0 Å². The monoisotopic (exact) mass is 279 g/mol. The van der Waals surface area contributed by atoms with Crippen LogP contribution in [0.3, 0.4) is 0 Å². The van der Waals surface area contributed by atoms with E-state index in [1.807, 2.05) is 37.3 Å². The highest BCUT2D eigenvalue weighted by molar-refractivity contribution is 5.60. The van der Waals surface area contributed by atoms with Crippen LogP contribution in [0, 0.1) is 18.3 Å². The molecular formula is C16H17N5. The Bertz CT molecular complexity index is 676. The lowest BCUT2D eigenvalue weighted by Crippen LogP contribution is -2.26. The van der Waals surface area contributed by atoms with Crippen molar-refractivity contribution in [2.24, 2.45) is 0 Å². The van der Waals surface area contributed by atoms with Crippen molar-refractivity contribution in [1.29, 1.82) is 5.26 Å². The van der Waals surface area contributed by atoms with Crippen LogP contribution in [0.1, 0.15) is 17.7 Å². The molecule has 0 radical (unpaired) electrons. The zero-order valence-corrected chi connectivity index (χ0v) is 12.0. The van der Waals surface area contributed by atoms with E-state index in [-0.39, 0.29) is 0 Å². The molecule has 0 amide bonds. The molecule has 1 atom stereocenters. The lowest BCUT2D eigenvalue weighted by atomic mass is 10.2. The number of rotatable bonds is 3. The largest absolute Gasteiger partial charge is 0.368 e. The molecule has 106 valence electrons. The molecule has 1 unspecified atom stereocenters. The van der Waals surface area contributed by atoms with Crippen LogP contribution in [0.5, 0.6) is 0 Å². The van der Waals surface area contributed by atoms with Gasteiger partial charge in [0.15, 0.2) is 0 Å². The minimum Gasteiger partial charge on any atom is -0.368 e. The smallest absolute Gasteiger partial charge is 0.129 e. The minimum atomic E-state index is 0.339. The van der Waals surface area contributed by atoms with Gasteiger partial charge in [0.2, 0.25) is 0 Å². The number of benzene rings is 1. The van der Waals surface area contributed by atoms with Crippen LogP contribution in [0.2, 0.25) is 0 Å². The van der Waals surface area contributed by atoms with Crippen molar-refractivity contribution >= 4 is 11.5 Å². The zero-order valence-electron chi connectivity index (χ0n) is 12.0. The first-order valence-electron chi connectivity index (χ1n) is 7.05. The average Bonchev–Trinajstić information content (AvgIpc) is 2.95. The molecule has 1 aliphatic heterocycles. The zero-order chi connectivity index (χ0) is 14.7. The molecule has 1 saturated heterocycles. The van der Waals surface area contributed by atoms with Crippen LogP contribution in [-0.4, -0.2) is 29.1 Å². The van der Waals surface area contributed by atoms with Crippen molar-refractivity contribution in [2.75, 3.05) is 23.3 Å². The predicted molar refractivity (Wildman–Crippen MR) is 82.2 cm³/mol. The number of aromatic nitrogens is 2. The third-order valence-electron chi connectivity index (χ3n) is 3.71. The van der Waals surface area contributed by atoms with Gasteiger partial charge in [-0.15, -0.1) is 0 Å². The molecule has 1 N–H and O–H groups in total. The molecule has 0 aliphatic carbocycles. The number of hydrogen-bond acceptors (Lipinski definition) is 5. The number of nitriles is 1. The van der Waals surface area contributed by atoms with Gasteiger partial charge in [0, 0.05) is 30.9 Å². The van der Waals surface area contributed by atoms with Gasteiger partial charge in [-0.3, -0.25) is 0 Å². The molecule has 3 rings (SSSR count). The molecule has 1 aromatic carbocycles. The highest BCUT2D eigenvalue weighted by Gasteiger charge is 2.24. The maximum atomic E-state index is 9.20. The number of nitrogens with zero attached hydrogens (tertiary/aromatic N) is 4. The molecule has 5 heteroatoms. The molecule has 1 fully saturated rings. The standard InChI is InChI=1S/C16H17N5/c1-12-8-16(19-11-18-12)20-14-6-7-21(10-14)15-5-3-2-4-13(15)9-17/h2-5,8,11,14H,6-7,10H2,1H3,(H,18,19,20). The minimum absolute atomic E-state index is 0.339. The molecule has 2 aromatic rings. The van der Waals surface area contributed by atoms with Gasteiger partial charge in [-0.2, -0.15) is 5.26 Å². The van der Waals surface area contributed by atoms with E-state index in [0.29, 0.717) is 6.04 Å². The maximum absolute atomic E-state index is 9.20. The summed E-state index contributed by atoms with van der Waals surface area (Å²) in [6, 6.07) is 12.3. The van der Waals surface area contributed by atoms with Gasteiger partial charge >= 0.3 is 0 Å². The summed E-state index contributed by atoms with van der Waals surface area (Å²) in [6.07, 6.45) is 2.61. The van der Waals surface area contributed by atoms with Crippen LogP contribution in [0.4, 0.5) is 11.5 Å². The molecular weight excluding hydrogens is 262 g/mol. The van der Waals surface area contributed by atoms with E-state index in [0.717, 1.165) is 42.3 Å². The van der Waals surface area contributed by atoms with E-state index >= 15 is 0 Å². The Hall–Kier alpha value is -2.61. The molecule has 0 spiro atoms.